The van der Waals surface area contributed by atoms with Gasteiger partial charge in [-0.05, 0) is 19.9 Å². The van der Waals surface area contributed by atoms with E-state index in [0.29, 0.717) is 25.7 Å². The van der Waals surface area contributed by atoms with Crippen molar-refractivity contribution in [2.75, 3.05) is 20.2 Å². The van der Waals surface area contributed by atoms with E-state index < -0.39 is 10.0 Å². The first kappa shape index (κ1) is 18.2. The Morgan fingerprint density at radius 3 is 2.57 bits per heavy atom. The summed E-state index contributed by atoms with van der Waals surface area (Å²) in [7, 11) is -1.89. The molecule has 122 valence electrons. The third-order valence-corrected chi connectivity index (χ3v) is 4.82. The van der Waals surface area contributed by atoms with E-state index >= 15 is 0 Å². The van der Waals surface area contributed by atoms with Crippen LogP contribution in [0.3, 0.4) is 0 Å². The Morgan fingerprint density at radius 2 is 2.00 bits per heavy atom. The summed E-state index contributed by atoms with van der Waals surface area (Å²) in [6.07, 6.45) is 1.63. The third kappa shape index (κ3) is 5.78. The Hall–Kier alpha value is -0.890. The zero-order chi connectivity index (χ0) is 16.0. The molecule has 0 bridgehead atoms. The fraction of sp³-hybridized carbons (Fsp3) is 0.714. The number of hydrogen-bond donors (Lipinski definition) is 2. The molecule has 0 atom stereocenters. The van der Waals surface area contributed by atoms with Crippen molar-refractivity contribution in [3.63, 3.8) is 0 Å². The highest BCUT2D eigenvalue weighted by molar-refractivity contribution is 7.89. The van der Waals surface area contributed by atoms with E-state index in [9.17, 15) is 8.42 Å². The lowest BCUT2D eigenvalue weighted by atomic mass is 10.3. The molecular weight excluding hydrogens is 290 g/mol. The highest BCUT2D eigenvalue weighted by atomic mass is 32.2. The van der Waals surface area contributed by atoms with Gasteiger partial charge in [0.25, 0.3) is 0 Å². The summed E-state index contributed by atoms with van der Waals surface area (Å²) < 4.78 is 31.5. The van der Waals surface area contributed by atoms with Crippen molar-refractivity contribution < 1.29 is 13.2 Å². The summed E-state index contributed by atoms with van der Waals surface area (Å²) in [5, 5.41) is 3.24. The molecule has 0 radical (unpaired) electrons. The van der Waals surface area contributed by atoms with Crippen LogP contribution in [-0.2, 0) is 21.3 Å². The Labute approximate surface area is 127 Å². The van der Waals surface area contributed by atoms with E-state index in [1.807, 2.05) is 27.7 Å². The molecule has 7 heteroatoms. The van der Waals surface area contributed by atoms with Crippen LogP contribution < -0.4 is 5.32 Å². The SMILES string of the molecule is CC(C)NCc1cc(S(=O)(=O)N(C)CCOC(C)C)c[nH]1. The number of likely N-dealkylation sites (N-methyl/N-ethyl adjacent to an activating group) is 1. The van der Waals surface area contributed by atoms with Crippen LogP contribution in [0.2, 0.25) is 0 Å². The number of ether oxygens (including phenoxy) is 1. The zero-order valence-corrected chi connectivity index (χ0v) is 14.3. The molecule has 0 fully saturated rings. The number of nitrogens with one attached hydrogen (secondary N) is 2. The molecule has 0 spiro atoms. The minimum Gasteiger partial charge on any atom is -0.377 e. The second kappa shape index (κ2) is 7.93. The van der Waals surface area contributed by atoms with Gasteiger partial charge < -0.3 is 15.0 Å². The molecule has 0 unspecified atom stereocenters. The summed E-state index contributed by atoms with van der Waals surface area (Å²) in [6, 6.07) is 2.02. The minimum atomic E-state index is -3.46. The molecule has 0 aliphatic carbocycles. The van der Waals surface area contributed by atoms with Gasteiger partial charge in [-0.15, -0.1) is 0 Å². The van der Waals surface area contributed by atoms with Gasteiger partial charge in [-0.25, -0.2) is 8.42 Å². The summed E-state index contributed by atoms with van der Waals surface area (Å²) in [4.78, 5) is 3.28. The lowest BCUT2D eigenvalue weighted by Gasteiger charge is -2.17. The van der Waals surface area contributed by atoms with Crippen molar-refractivity contribution >= 4 is 10.0 Å². The van der Waals surface area contributed by atoms with E-state index in [1.54, 1.807) is 13.1 Å². The second-order valence-electron chi connectivity index (χ2n) is 5.64. The quantitative estimate of drug-likeness (QED) is 0.725. The predicted octanol–water partition coefficient (Wildman–Crippen LogP) is 1.56. The maximum absolute atomic E-state index is 12.4. The maximum Gasteiger partial charge on any atom is 0.244 e. The largest absolute Gasteiger partial charge is 0.377 e. The Bertz CT molecular complexity index is 523. The Morgan fingerprint density at radius 1 is 1.33 bits per heavy atom. The smallest absolute Gasteiger partial charge is 0.244 e. The molecule has 0 aliphatic rings. The molecule has 1 heterocycles. The monoisotopic (exact) mass is 317 g/mol. The fourth-order valence-corrected chi connectivity index (χ4v) is 2.87. The molecule has 21 heavy (non-hydrogen) atoms. The van der Waals surface area contributed by atoms with Gasteiger partial charge in [0.1, 0.15) is 0 Å². The zero-order valence-electron chi connectivity index (χ0n) is 13.5. The van der Waals surface area contributed by atoms with E-state index in [2.05, 4.69) is 10.3 Å². The average molecular weight is 317 g/mol. The molecule has 1 aromatic heterocycles. The van der Waals surface area contributed by atoms with Crippen LogP contribution in [0, 0.1) is 0 Å². The number of aromatic nitrogens is 1. The number of H-pyrrole nitrogens is 1. The predicted molar refractivity (Wildman–Crippen MR) is 83.7 cm³/mol. The molecule has 0 amide bonds. The fourth-order valence-electron chi connectivity index (χ4n) is 1.70. The number of aromatic amines is 1. The normalized spacial score (nSPS) is 12.8. The molecular formula is C14H27N3O3S. The van der Waals surface area contributed by atoms with Crippen molar-refractivity contribution in [1.82, 2.24) is 14.6 Å². The maximum atomic E-state index is 12.4. The van der Waals surface area contributed by atoms with Crippen LogP contribution in [-0.4, -0.2) is 50.1 Å². The summed E-state index contributed by atoms with van der Waals surface area (Å²) in [5.74, 6) is 0. The average Bonchev–Trinajstić information content (AvgIpc) is 2.85. The van der Waals surface area contributed by atoms with Gasteiger partial charge in [0.15, 0.2) is 0 Å². The van der Waals surface area contributed by atoms with Crippen LogP contribution in [0.15, 0.2) is 17.2 Å². The van der Waals surface area contributed by atoms with E-state index in [0.717, 1.165) is 5.69 Å². The molecule has 6 nitrogen and oxygen atoms in total. The van der Waals surface area contributed by atoms with Gasteiger partial charge in [0, 0.05) is 38.1 Å². The summed E-state index contributed by atoms with van der Waals surface area (Å²) in [6.45, 7) is 9.29. The van der Waals surface area contributed by atoms with Crippen LogP contribution in [0.5, 0.6) is 0 Å². The van der Waals surface area contributed by atoms with E-state index in [-0.39, 0.29) is 11.0 Å². The first-order valence-corrected chi connectivity index (χ1v) is 8.66. The Balaban J connectivity index is 2.65. The van der Waals surface area contributed by atoms with Gasteiger partial charge in [-0.1, -0.05) is 13.8 Å². The minimum absolute atomic E-state index is 0.0991. The van der Waals surface area contributed by atoms with Crippen LogP contribution >= 0.6 is 0 Å². The highest BCUT2D eigenvalue weighted by Crippen LogP contribution is 2.15. The molecule has 0 aliphatic heterocycles. The van der Waals surface area contributed by atoms with Crippen LogP contribution in [0.4, 0.5) is 0 Å². The van der Waals surface area contributed by atoms with Gasteiger partial charge >= 0.3 is 0 Å². The molecule has 0 saturated carbocycles. The third-order valence-electron chi connectivity index (χ3n) is 2.98. The van der Waals surface area contributed by atoms with Crippen molar-refractivity contribution in [2.45, 2.75) is 51.3 Å². The van der Waals surface area contributed by atoms with Gasteiger partial charge in [-0.3, -0.25) is 0 Å². The number of nitrogens with zero attached hydrogens (tertiary/aromatic N) is 1. The van der Waals surface area contributed by atoms with Gasteiger partial charge in [0.05, 0.1) is 17.6 Å². The first-order valence-electron chi connectivity index (χ1n) is 7.22. The second-order valence-corrected chi connectivity index (χ2v) is 7.69. The lowest BCUT2D eigenvalue weighted by molar-refractivity contribution is 0.0737. The molecule has 2 N–H and O–H groups in total. The van der Waals surface area contributed by atoms with E-state index in [4.69, 9.17) is 4.74 Å². The standard InChI is InChI=1S/C14H27N3O3S/c1-11(2)15-9-13-8-14(10-16-13)21(18,19)17(5)6-7-20-12(3)4/h8,10-12,15-16H,6-7,9H2,1-5H3. The number of rotatable bonds is 9. The van der Waals surface area contributed by atoms with Crippen LogP contribution in [0.25, 0.3) is 0 Å². The van der Waals surface area contributed by atoms with E-state index in [1.165, 1.54) is 10.5 Å². The van der Waals surface area contributed by atoms with Crippen molar-refractivity contribution in [1.29, 1.82) is 0 Å². The molecule has 0 aromatic carbocycles. The number of hydrogen-bond acceptors (Lipinski definition) is 4. The topological polar surface area (TPSA) is 74.4 Å². The highest BCUT2D eigenvalue weighted by Gasteiger charge is 2.22. The molecule has 1 rings (SSSR count). The molecule has 1 aromatic rings. The number of sulfonamides is 1. The van der Waals surface area contributed by atoms with Crippen molar-refractivity contribution in [3.8, 4) is 0 Å². The lowest BCUT2D eigenvalue weighted by Crippen LogP contribution is -2.30. The van der Waals surface area contributed by atoms with Gasteiger partial charge in [0.2, 0.25) is 10.0 Å². The van der Waals surface area contributed by atoms with Gasteiger partial charge in [-0.2, -0.15) is 4.31 Å². The first-order chi connectivity index (χ1) is 9.73. The summed E-state index contributed by atoms with van der Waals surface area (Å²) >= 11 is 0. The molecule has 0 saturated heterocycles. The van der Waals surface area contributed by atoms with Crippen LogP contribution in [0.1, 0.15) is 33.4 Å². The van der Waals surface area contributed by atoms with Crippen molar-refractivity contribution in [3.05, 3.63) is 18.0 Å². The summed E-state index contributed by atoms with van der Waals surface area (Å²) in [5.41, 5.74) is 0.856. The van der Waals surface area contributed by atoms with Crippen molar-refractivity contribution in [2.24, 2.45) is 0 Å². The Kier molecular flexibility index (Phi) is 6.86.